The first-order valence-corrected chi connectivity index (χ1v) is 8.45. The summed E-state index contributed by atoms with van der Waals surface area (Å²) in [4.78, 5) is 0. The van der Waals surface area contributed by atoms with E-state index in [2.05, 4.69) is 20.8 Å². The molecule has 0 bridgehead atoms. The van der Waals surface area contributed by atoms with Crippen molar-refractivity contribution in [3.05, 3.63) is 0 Å². The molecular formula is C17H34O2. The molecule has 0 aliphatic carbocycles. The second-order valence-electron chi connectivity index (χ2n) is 6.34. The van der Waals surface area contributed by atoms with Crippen molar-refractivity contribution >= 4 is 0 Å². The minimum absolute atomic E-state index is 0.0906. The molecule has 114 valence electrons. The molecule has 0 N–H and O–H groups in total. The van der Waals surface area contributed by atoms with Crippen LogP contribution in [0.25, 0.3) is 0 Å². The van der Waals surface area contributed by atoms with E-state index in [1.54, 1.807) is 0 Å². The van der Waals surface area contributed by atoms with Crippen molar-refractivity contribution in [1.29, 1.82) is 0 Å². The highest BCUT2D eigenvalue weighted by Crippen LogP contribution is 2.28. The first-order valence-electron chi connectivity index (χ1n) is 8.45. The molecular weight excluding hydrogens is 236 g/mol. The van der Waals surface area contributed by atoms with E-state index >= 15 is 0 Å². The van der Waals surface area contributed by atoms with Crippen LogP contribution in [0.3, 0.4) is 0 Å². The maximum atomic E-state index is 6.18. The van der Waals surface area contributed by atoms with Crippen molar-refractivity contribution in [2.24, 2.45) is 0 Å². The van der Waals surface area contributed by atoms with Gasteiger partial charge in [-0.05, 0) is 19.8 Å². The summed E-state index contributed by atoms with van der Waals surface area (Å²) < 4.78 is 11.4. The first-order chi connectivity index (χ1) is 9.20. The number of rotatable bonds is 13. The second-order valence-corrected chi connectivity index (χ2v) is 6.34. The van der Waals surface area contributed by atoms with Crippen LogP contribution >= 0.6 is 0 Å². The lowest BCUT2D eigenvalue weighted by atomic mass is 9.91. The third kappa shape index (κ3) is 8.65. The number of epoxide rings is 1. The monoisotopic (exact) mass is 270 g/mol. The van der Waals surface area contributed by atoms with Crippen molar-refractivity contribution in [1.82, 2.24) is 0 Å². The molecule has 0 aromatic heterocycles. The summed E-state index contributed by atoms with van der Waals surface area (Å²) in [7, 11) is 0. The van der Waals surface area contributed by atoms with Gasteiger partial charge in [0, 0.05) is 0 Å². The van der Waals surface area contributed by atoms with E-state index in [4.69, 9.17) is 9.47 Å². The smallest absolute Gasteiger partial charge is 0.104 e. The Morgan fingerprint density at radius 1 is 0.947 bits per heavy atom. The van der Waals surface area contributed by atoms with Gasteiger partial charge in [0.2, 0.25) is 0 Å². The largest absolute Gasteiger partial charge is 0.373 e. The average Bonchev–Trinajstić information content (AvgIpc) is 3.21. The summed E-state index contributed by atoms with van der Waals surface area (Å²) in [6, 6.07) is 0. The lowest BCUT2D eigenvalue weighted by Gasteiger charge is -2.30. The van der Waals surface area contributed by atoms with Gasteiger partial charge < -0.3 is 9.47 Å². The number of unbranched alkanes of at least 4 members (excludes halogenated alkanes) is 6. The Morgan fingerprint density at radius 3 is 2.05 bits per heavy atom. The maximum absolute atomic E-state index is 6.18. The van der Waals surface area contributed by atoms with Gasteiger partial charge in [-0.25, -0.2) is 0 Å². The first kappa shape index (κ1) is 17.0. The van der Waals surface area contributed by atoms with Gasteiger partial charge in [-0.3, -0.25) is 0 Å². The van der Waals surface area contributed by atoms with Crippen molar-refractivity contribution in [3.8, 4) is 0 Å². The molecule has 1 aliphatic heterocycles. The van der Waals surface area contributed by atoms with Gasteiger partial charge in [0.1, 0.15) is 6.10 Å². The molecule has 0 spiro atoms. The molecule has 2 unspecified atom stereocenters. The molecule has 19 heavy (non-hydrogen) atoms. The van der Waals surface area contributed by atoms with E-state index in [1.165, 1.54) is 64.2 Å². The standard InChI is InChI=1S/C17H34O2/c1-4-6-8-9-11-13-17(3,12-10-7-5-2)19-15-16-14-18-16/h16H,4-15H2,1-3H3. The fraction of sp³-hybridized carbons (Fsp3) is 1.00. The predicted octanol–water partition coefficient (Wildman–Crippen LogP) is 5.10. The fourth-order valence-electron chi connectivity index (χ4n) is 2.58. The molecule has 1 fully saturated rings. The minimum Gasteiger partial charge on any atom is -0.373 e. The maximum Gasteiger partial charge on any atom is 0.104 e. The van der Waals surface area contributed by atoms with Crippen molar-refractivity contribution in [2.75, 3.05) is 13.2 Å². The van der Waals surface area contributed by atoms with Crippen LogP contribution in [0.15, 0.2) is 0 Å². The van der Waals surface area contributed by atoms with Crippen LogP contribution in [0, 0.1) is 0 Å². The molecule has 0 radical (unpaired) electrons. The van der Waals surface area contributed by atoms with E-state index in [-0.39, 0.29) is 5.60 Å². The van der Waals surface area contributed by atoms with Gasteiger partial charge in [-0.2, -0.15) is 0 Å². The van der Waals surface area contributed by atoms with Crippen LogP contribution < -0.4 is 0 Å². The Morgan fingerprint density at radius 2 is 1.47 bits per heavy atom. The normalized spacial score (nSPS) is 21.3. The Hall–Kier alpha value is -0.0800. The van der Waals surface area contributed by atoms with Crippen molar-refractivity contribution in [3.63, 3.8) is 0 Å². The predicted molar refractivity (Wildman–Crippen MR) is 81.6 cm³/mol. The highest BCUT2D eigenvalue weighted by atomic mass is 16.6. The summed E-state index contributed by atoms with van der Waals surface area (Å²) in [6.45, 7) is 8.55. The zero-order valence-corrected chi connectivity index (χ0v) is 13.4. The molecule has 0 saturated carbocycles. The highest BCUT2D eigenvalue weighted by Gasteiger charge is 2.29. The molecule has 2 heteroatoms. The van der Waals surface area contributed by atoms with Crippen molar-refractivity contribution < 1.29 is 9.47 Å². The summed E-state index contributed by atoms with van der Waals surface area (Å²) in [5.74, 6) is 0. The molecule has 1 saturated heterocycles. The zero-order chi connectivity index (χ0) is 14.0. The van der Waals surface area contributed by atoms with Gasteiger partial charge in [0.15, 0.2) is 0 Å². The van der Waals surface area contributed by atoms with Gasteiger partial charge in [0.25, 0.3) is 0 Å². The molecule has 1 rings (SSSR count). The summed E-state index contributed by atoms with van der Waals surface area (Å²) >= 11 is 0. The van der Waals surface area contributed by atoms with Crippen molar-refractivity contribution in [2.45, 2.75) is 96.7 Å². The van der Waals surface area contributed by atoms with E-state index in [0.717, 1.165) is 13.2 Å². The van der Waals surface area contributed by atoms with Crippen LogP contribution in [0.1, 0.15) is 85.0 Å². The number of hydrogen-bond donors (Lipinski definition) is 0. The SMILES string of the molecule is CCCCCCCC(C)(CCCCC)OCC1CO1. The Balaban J connectivity index is 2.20. The van der Waals surface area contributed by atoms with Crippen LogP contribution in [0.2, 0.25) is 0 Å². The second kappa shape index (κ2) is 9.77. The molecule has 1 heterocycles. The van der Waals surface area contributed by atoms with E-state index in [9.17, 15) is 0 Å². The molecule has 2 atom stereocenters. The van der Waals surface area contributed by atoms with Crippen LogP contribution in [-0.4, -0.2) is 24.9 Å². The van der Waals surface area contributed by atoms with E-state index in [1.807, 2.05) is 0 Å². The van der Waals surface area contributed by atoms with Gasteiger partial charge >= 0.3 is 0 Å². The molecule has 0 aromatic rings. The lowest BCUT2D eigenvalue weighted by Crippen LogP contribution is -2.30. The van der Waals surface area contributed by atoms with Crippen LogP contribution in [-0.2, 0) is 9.47 Å². The van der Waals surface area contributed by atoms with Gasteiger partial charge in [-0.1, -0.05) is 65.2 Å². The van der Waals surface area contributed by atoms with E-state index < -0.39 is 0 Å². The van der Waals surface area contributed by atoms with Crippen LogP contribution in [0.4, 0.5) is 0 Å². The fourth-order valence-corrected chi connectivity index (χ4v) is 2.58. The summed E-state index contributed by atoms with van der Waals surface area (Å²) in [5.41, 5.74) is 0.0906. The summed E-state index contributed by atoms with van der Waals surface area (Å²) in [5, 5.41) is 0. The van der Waals surface area contributed by atoms with Gasteiger partial charge in [0.05, 0.1) is 18.8 Å². The van der Waals surface area contributed by atoms with Crippen LogP contribution in [0.5, 0.6) is 0 Å². The highest BCUT2D eigenvalue weighted by molar-refractivity contribution is 4.78. The molecule has 0 aromatic carbocycles. The zero-order valence-electron chi connectivity index (χ0n) is 13.4. The molecule has 0 amide bonds. The molecule has 2 nitrogen and oxygen atoms in total. The van der Waals surface area contributed by atoms with E-state index in [0.29, 0.717) is 6.10 Å². The molecule has 1 aliphatic rings. The topological polar surface area (TPSA) is 21.8 Å². The summed E-state index contributed by atoms with van der Waals surface area (Å²) in [6.07, 6.45) is 13.5. The lowest BCUT2D eigenvalue weighted by molar-refractivity contribution is -0.0522. The quantitative estimate of drug-likeness (QED) is 0.343. The Kier molecular flexibility index (Phi) is 8.72. The van der Waals surface area contributed by atoms with Gasteiger partial charge in [-0.15, -0.1) is 0 Å². The Labute approximate surface area is 120 Å². The number of hydrogen-bond acceptors (Lipinski definition) is 2. The number of ether oxygens (including phenoxy) is 2. The average molecular weight is 270 g/mol. The third-order valence-electron chi connectivity index (χ3n) is 4.14. The third-order valence-corrected chi connectivity index (χ3v) is 4.14. The Bertz CT molecular complexity index is 213. The minimum atomic E-state index is 0.0906.